The Labute approximate surface area is 150 Å². The molecule has 0 unspecified atom stereocenters. The number of benzene rings is 1. The molecule has 4 aliphatic carbocycles. The molecule has 0 aliphatic heterocycles. The molecular weight excluding hydrogens is 343 g/mol. The van der Waals surface area contributed by atoms with Crippen LogP contribution in [0.15, 0.2) is 36.5 Å². The number of allylic oxidation sites excluding steroid dienone is 1. The summed E-state index contributed by atoms with van der Waals surface area (Å²) < 4.78 is 39.8. The summed E-state index contributed by atoms with van der Waals surface area (Å²) in [6, 6.07) is 5.70. The molecule has 26 heavy (non-hydrogen) atoms. The highest BCUT2D eigenvalue weighted by Crippen LogP contribution is 2.64. The maximum absolute atomic E-state index is 13.3. The molecule has 0 amide bonds. The Bertz CT molecular complexity index is 713. The zero-order valence-electron chi connectivity index (χ0n) is 14.4. The smallest absolute Gasteiger partial charge is 0.259 e. The van der Waals surface area contributed by atoms with Crippen LogP contribution in [0.3, 0.4) is 0 Å². The van der Waals surface area contributed by atoms with Crippen LogP contribution in [0.4, 0.5) is 13.2 Å². The van der Waals surface area contributed by atoms with Crippen molar-refractivity contribution in [2.75, 3.05) is 0 Å². The molecule has 5 rings (SSSR count). The van der Waals surface area contributed by atoms with E-state index in [1.807, 2.05) is 0 Å². The summed E-state index contributed by atoms with van der Waals surface area (Å²) in [6.07, 6.45) is 3.97. The summed E-state index contributed by atoms with van der Waals surface area (Å²) in [5, 5.41) is 10.7. The fourth-order valence-electron chi connectivity index (χ4n) is 6.27. The molecule has 4 saturated carbocycles. The van der Waals surface area contributed by atoms with Gasteiger partial charge in [0.1, 0.15) is 0 Å². The second-order valence-electron chi connectivity index (χ2n) is 8.30. The van der Waals surface area contributed by atoms with Crippen molar-refractivity contribution in [3.05, 3.63) is 57.8 Å². The van der Waals surface area contributed by atoms with Crippen molar-refractivity contribution >= 4 is 0 Å². The lowest BCUT2D eigenvalue weighted by atomic mass is 9.43. The zero-order chi connectivity index (χ0) is 18.5. The Balaban J connectivity index is 1.78. The molecule has 1 aromatic carbocycles. The second-order valence-corrected chi connectivity index (χ2v) is 8.30. The van der Waals surface area contributed by atoms with Gasteiger partial charge in [0.2, 0.25) is 6.20 Å². The molecule has 4 fully saturated rings. The Kier molecular flexibility index (Phi) is 4.12. The van der Waals surface area contributed by atoms with Gasteiger partial charge in [0, 0.05) is 5.41 Å². The topological polar surface area (TPSA) is 43.1 Å². The van der Waals surface area contributed by atoms with Gasteiger partial charge in [-0.05, 0) is 79.9 Å². The first-order valence-corrected chi connectivity index (χ1v) is 9.27. The van der Waals surface area contributed by atoms with Gasteiger partial charge in [0.05, 0.1) is 10.5 Å². The summed E-state index contributed by atoms with van der Waals surface area (Å²) in [4.78, 5) is 10.3. The summed E-state index contributed by atoms with van der Waals surface area (Å²) in [6.45, 7) is 0. The molecule has 1 aromatic rings. The lowest BCUT2D eigenvalue weighted by Gasteiger charge is -2.61. The highest BCUT2D eigenvalue weighted by molar-refractivity contribution is 5.36. The van der Waals surface area contributed by atoms with Gasteiger partial charge in [-0.15, -0.1) is 0 Å². The molecule has 0 heterocycles. The molecule has 0 saturated heterocycles. The van der Waals surface area contributed by atoms with Crippen molar-refractivity contribution in [1.82, 2.24) is 0 Å². The number of nitro groups is 1. The Morgan fingerprint density at radius 1 is 1.12 bits per heavy atom. The van der Waals surface area contributed by atoms with E-state index in [9.17, 15) is 23.3 Å². The van der Waals surface area contributed by atoms with E-state index in [4.69, 9.17) is 0 Å². The van der Waals surface area contributed by atoms with Crippen molar-refractivity contribution < 1.29 is 18.1 Å². The van der Waals surface area contributed by atoms with Gasteiger partial charge in [-0.3, -0.25) is 10.1 Å². The van der Waals surface area contributed by atoms with Crippen LogP contribution in [0.2, 0.25) is 0 Å². The minimum atomic E-state index is -4.38. The minimum Gasteiger partial charge on any atom is -0.259 e. The van der Waals surface area contributed by atoms with Crippen LogP contribution in [0.1, 0.15) is 49.7 Å². The van der Waals surface area contributed by atoms with Crippen LogP contribution in [-0.4, -0.2) is 4.92 Å². The molecule has 0 radical (unpaired) electrons. The third-order valence-electron chi connectivity index (χ3n) is 7.01. The van der Waals surface area contributed by atoms with Gasteiger partial charge in [0.25, 0.3) is 0 Å². The normalized spacial score (nSPS) is 36.0. The molecule has 0 atom stereocenters. The molecule has 0 N–H and O–H groups in total. The fourth-order valence-corrected chi connectivity index (χ4v) is 6.27. The van der Waals surface area contributed by atoms with Crippen molar-refractivity contribution in [3.8, 4) is 0 Å². The molecular formula is C20H22F3NO2. The minimum absolute atomic E-state index is 0.318. The molecule has 6 heteroatoms. The van der Waals surface area contributed by atoms with Crippen LogP contribution in [-0.2, 0) is 11.6 Å². The molecule has 140 valence electrons. The summed E-state index contributed by atoms with van der Waals surface area (Å²) >= 11 is 0. The molecule has 0 spiro atoms. The SMILES string of the molecule is O=[N+]([O-])C=CCC1(c2cccc(C(F)(F)F)c2)C2CC3CC(C2)CC1C3. The van der Waals surface area contributed by atoms with E-state index in [-0.39, 0.29) is 0 Å². The van der Waals surface area contributed by atoms with Crippen LogP contribution in [0, 0.1) is 33.8 Å². The van der Waals surface area contributed by atoms with Crippen LogP contribution in [0.5, 0.6) is 0 Å². The Hall–Kier alpha value is -1.85. The number of rotatable bonds is 4. The van der Waals surface area contributed by atoms with Crippen LogP contribution >= 0.6 is 0 Å². The first-order chi connectivity index (χ1) is 12.3. The third kappa shape index (κ3) is 2.83. The Morgan fingerprint density at radius 3 is 2.27 bits per heavy atom. The summed E-state index contributed by atoms with van der Waals surface area (Å²) in [5.74, 6) is 1.99. The van der Waals surface area contributed by atoms with E-state index in [0.29, 0.717) is 35.7 Å². The van der Waals surface area contributed by atoms with E-state index in [1.54, 1.807) is 12.1 Å². The number of hydrogen-bond donors (Lipinski definition) is 0. The largest absolute Gasteiger partial charge is 0.416 e. The van der Waals surface area contributed by atoms with E-state index in [1.165, 1.54) is 18.6 Å². The van der Waals surface area contributed by atoms with E-state index < -0.39 is 22.1 Å². The molecule has 4 bridgehead atoms. The maximum atomic E-state index is 13.3. The summed E-state index contributed by atoms with van der Waals surface area (Å²) in [5.41, 5.74) is -0.308. The first-order valence-electron chi connectivity index (χ1n) is 9.27. The van der Waals surface area contributed by atoms with Gasteiger partial charge in [0.15, 0.2) is 0 Å². The number of halogens is 3. The van der Waals surface area contributed by atoms with Gasteiger partial charge in [-0.1, -0.05) is 18.2 Å². The lowest BCUT2D eigenvalue weighted by molar-refractivity contribution is -0.402. The van der Waals surface area contributed by atoms with Crippen molar-refractivity contribution in [1.29, 1.82) is 0 Å². The van der Waals surface area contributed by atoms with E-state index in [0.717, 1.165) is 37.9 Å². The number of hydrogen-bond acceptors (Lipinski definition) is 2. The maximum Gasteiger partial charge on any atom is 0.416 e. The fraction of sp³-hybridized carbons (Fsp3) is 0.600. The van der Waals surface area contributed by atoms with Gasteiger partial charge >= 0.3 is 6.18 Å². The lowest BCUT2D eigenvalue weighted by Crippen LogP contribution is -2.55. The summed E-state index contributed by atoms with van der Waals surface area (Å²) in [7, 11) is 0. The highest BCUT2D eigenvalue weighted by Gasteiger charge is 2.57. The van der Waals surface area contributed by atoms with Crippen LogP contribution < -0.4 is 0 Å². The number of alkyl halides is 3. The van der Waals surface area contributed by atoms with Crippen molar-refractivity contribution in [2.24, 2.45) is 23.7 Å². The van der Waals surface area contributed by atoms with Crippen molar-refractivity contribution in [3.63, 3.8) is 0 Å². The van der Waals surface area contributed by atoms with Gasteiger partial charge in [-0.2, -0.15) is 13.2 Å². The Morgan fingerprint density at radius 2 is 1.73 bits per heavy atom. The molecule has 4 aliphatic rings. The average Bonchev–Trinajstić information content (AvgIpc) is 2.56. The number of nitrogens with zero attached hydrogens (tertiary/aromatic N) is 1. The quantitative estimate of drug-likeness (QED) is 0.516. The second kappa shape index (κ2) is 6.10. The average molecular weight is 365 g/mol. The molecule has 3 nitrogen and oxygen atoms in total. The van der Waals surface area contributed by atoms with E-state index >= 15 is 0 Å². The predicted octanol–water partition coefficient (Wildman–Crippen LogP) is 5.58. The van der Waals surface area contributed by atoms with Crippen molar-refractivity contribution in [2.45, 2.75) is 50.1 Å². The van der Waals surface area contributed by atoms with Gasteiger partial charge < -0.3 is 0 Å². The third-order valence-corrected chi connectivity index (χ3v) is 7.01. The highest BCUT2D eigenvalue weighted by atomic mass is 19.4. The van der Waals surface area contributed by atoms with Crippen LogP contribution in [0.25, 0.3) is 0 Å². The zero-order valence-corrected chi connectivity index (χ0v) is 14.4. The predicted molar refractivity (Wildman–Crippen MR) is 90.9 cm³/mol. The van der Waals surface area contributed by atoms with E-state index in [2.05, 4.69) is 0 Å². The molecule has 0 aromatic heterocycles. The standard InChI is InChI=1S/C20H22F3NO2/c21-20(22,23)16-4-1-3-15(12-16)19(5-2-6-24(25)26)17-8-13-7-14(10-17)11-18(19)9-13/h1-4,6,12-14,17-18H,5,7-11H2. The monoisotopic (exact) mass is 365 g/mol. The van der Waals surface area contributed by atoms with Gasteiger partial charge in [-0.25, -0.2) is 0 Å². The first kappa shape index (κ1) is 17.6.